The number of aliphatic hydroxyl groups is 1. The third-order valence-corrected chi connectivity index (χ3v) is 4.55. The molecule has 0 radical (unpaired) electrons. The van der Waals surface area contributed by atoms with Crippen LogP contribution in [0.25, 0.3) is 0 Å². The van der Waals surface area contributed by atoms with Crippen molar-refractivity contribution in [3.63, 3.8) is 0 Å². The van der Waals surface area contributed by atoms with Crippen LogP contribution in [-0.4, -0.2) is 60.1 Å². The van der Waals surface area contributed by atoms with E-state index in [4.69, 9.17) is 0 Å². The minimum atomic E-state index is -0.716. The lowest BCUT2D eigenvalue weighted by atomic mass is 10.1. The summed E-state index contributed by atoms with van der Waals surface area (Å²) in [5.41, 5.74) is 1.76. The summed E-state index contributed by atoms with van der Waals surface area (Å²) < 4.78 is 0. The Morgan fingerprint density at radius 1 is 1.13 bits per heavy atom. The number of nitrogens with one attached hydrogen (secondary N) is 1. The van der Waals surface area contributed by atoms with Crippen LogP contribution < -0.4 is 10.2 Å². The van der Waals surface area contributed by atoms with Crippen LogP contribution >= 0.6 is 0 Å². The number of hydrogen-bond acceptors (Lipinski definition) is 4. The molecule has 2 aliphatic heterocycles. The smallest absolute Gasteiger partial charge is 0.254 e. The standard InChI is InChI=1S/C17H23N3O3/c1-12(21)18-15-10-20(11-16(15)22)17(23)13-4-6-14(7-5-13)19-8-2-3-9-19/h4-7,15-16,22H,2-3,8-11H2,1H3,(H,18,21)/t15-,16-/m1/s1. The molecular weight excluding hydrogens is 294 g/mol. The topological polar surface area (TPSA) is 72.9 Å². The first kappa shape index (κ1) is 15.8. The molecule has 0 bridgehead atoms. The van der Waals surface area contributed by atoms with Crippen LogP contribution in [0.2, 0.25) is 0 Å². The molecule has 0 spiro atoms. The Kier molecular flexibility index (Phi) is 4.52. The van der Waals surface area contributed by atoms with Crippen molar-refractivity contribution in [3.05, 3.63) is 29.8 Å². The van der Waals surface area contributed by atoms with E-state index in [0.717, 1.165) is 18.8 Å². The molecule has 2 amide bonds. The third kappa shape index (κ3) is 3.47. The maximum absolute atomic E-state index is 12.5. The monoisotopic (exact) mass is 317 g/mol. The van der Waals surface area contributed by atoms with Crippen molar-refractivity contribution in [2.24, 2.45) is 0 Å². The van der Waals surface area contributed by atoms with Gasteiger partial charge < -0.3 is 20.2 Å². The zero-order valence-electron chi connectivity index (χ0n) is 13.4. The molecule has 6 nitrogen and oxygen atoms in total. The number of likely N-dealkylation sites (tertiary alicyclic amines) is 1. The van der Waals surface area contributed by atoms with Gasteiger partial charge in [0.1, 0.15) is 0 Å². The molecule has 23 heavy (non-hydrogen) atoms. The Balaban J connectivity index is 1.65. The lowest BCUT2D eigenvalue weighted by Gasteiger charge is -2.19. The summed E-state index contributed by atoms with van der Waals surface area (Å²) >= 11 is 0. The van der Waals surface area contributed by atoms with E-state index in [2.05, 4.69) is 10.2 Å². The summed E-state index contributed by atoms with van der Waals surface area (Å²) in [6.07, 6.45) is 1.72. The quantitative estimate of drug-likeness (QED) is 0.857. The van der Waals surface area contributed by atoms with Crippen LogP contribution in [-0.2, 0) is 4.79 Å². The summed E-state index contributed by atoms with van der Waals surface area (Å²) in [7, 11) is 0. The van der Waals surface area contributed by atoms with Crippen LogP contribution in [0.15, 0.2) is 24.3 Å². The number of carbonyl (C=O) groups excluding carboxylic acids is 2. The molecule has 0 aliphatic carbocycles. The predicted octanol–water partition coefficient (Wildman–Crippen LogP) is 0.608. The van der Waals surface area contributed by atoms with Crippen LogP contribution in [0.1, 0.15) is 30.1 Å². The second-order valence-electron chi connectivity index (χ2n) is 6.33. The Labute approximate surface area is 136 Å². The highest BCUT2D eigenvalue weighted by Gasteiger charge is 2.34. The van der Waals surface area contributed by atoms with Gasteiger partial charge in [-0.25, -0.2) is 0 Å². The van der Waals surface area contributed by atoms with Gasteiger partial charge in [0.05, 0.1) is 12.1 Å². The molecule has 2 fully saturated rings. The molecule has 2 atom stereocenters. The molecule has 0 saturated carbocycles. The first-order valence-electron chi connectivity index (χ1n) is 8.14. The van der Waals surface area contributed by atoms with Crippen molar-refractivity contribution in [3.8, 4) is 0 Å². The van der Waals surface area contributed by atoms with Gasteiger partial charge in [0.25, 0.3) is 5.91 Å². The average Bonchev–Trinajstić information content (AvgIpc) is 3.17. The van der Waals surface area contributed by atoms with E-state index in [1.807, 2.05) is 24.3 Å². The van der Waals surface area contributed by atoms with E-state index in [1.54, 1.807) is 4.90 Å². The largest absolute Gasteiger partial charge is 0.389 e. The highest BCUT2D eigenvalue weighted by Crippen LogP contribution is 2.22. The van der Waals surface area contributed by atoms with Gasteiger partial charge in [-0.3, -0.25) is 9.59 Å². The Morgan fingerprint density at radius 2 is 1.78 bits per heavy atom. The highest BCUT2D eigenvalue weighted by atomic mass is 16.3. The molecule has 1 aromatic carbocycles. The molecule has 124 valence electrons. The molecular formula is C17H23N3O3. The minimum Gasteiger partial charge on any atom is -0.389 e. The summed E-state index contributed by atoms with van der Waals surface area (Å²) in [6.45, 7) is 4.15. The lowest BCUT2D eigenvalue weighted by molar-refractivity contribution is -0.120. The third-order valence-electron chi connectivity index (χ3n) is 4.55. The fourth-order valence-corrected chi connectivity index (χ4v) is 3.33. The van der Waals surface area contributed by atoms with Crippen LogP contribution in [0.5, 0.6) is 0 Å². The minimum absolute atomic E-state index is 0.107. The van der Waals surface area contributed by atoms with E-state index in [-0.39, 0.29) is 24.4 Å². The van der Waals surface area contributed by atoms with E-state index in [1.165, 1.54) is 19.8 Å². The lowest BCUT2D eigenvalue weighted by Crippen LogP contribution is -2.41. The number of rotatable bonds is 3. The molecule has 6 heteroatoms. The normalized spacial score (nSPS) is 24.1. The first-order valence-corrected chi connectivity index (χ1v) is 8.14. The molecule has 2 heterocycles. The zero-order chi connectivity index (χ0) is 16.4. The fraction of sp³-hybridized carbons (Fsp3) is 0.529. The maximum atomic E-state index is 12.5. The van der Waals surface area contributed by atoms with Gasteiger partial charge in [-0.15, -0.1) is 0 Å². The number of nitrogens with zero attached hydrogens (tertiary/aromatic N) is 2. The number of aliphatic hydroxyl groups excluding tert-OH is 1. The van der Waals surface area contributed by atoms with Crippen LogP contribution in [0.3, 0.4) is 0 Å². The van der Waals surface area contributed by atoms with E-state index < -0.39 is 6.10 Å². The number of hydrogen-bond donors (Lipinski definition) is 2. The zero-order valence-corrected chi connectivity index (χ0v) is 13.4. The molecule has 2 N–H and O–H groups in total. The Bertz CT molecular complexity index is 581. The van der Waals surface area contributed by atoms with Gasteiger partial charge >= 0.3 is 0 Å². The summed E-state index contributed by atoms with van der Waals surface area (Å²) in [5, 5.41) is 12.7. The van der Waals surface area contributed by atoms with Crippen LogP contribution in [0, 0.1) is 0 Å². The van der Waals surface area contributed by atoms with Gasteiger partial charge in [0, 0.05) is 44.4 Å². The van der Waals surface area contributed by atoms with Crippen LogP contribution in [0.4, 0.5) is 5.69 Å². The molecule has 2 saturated heterocycles. The van der Waals surface area contributed by atoms with E-state index >= 15 is 0 Å². The SMILES string of the molecule is CC(=O)N[C@@H]1CN(C(=O)c2ccc(N3CCCC3)cc2)C[C@H]1O. The van der Waals surface area contributed by atoms with Gasteiger partial charge in [0.2, 0.25) is 5.91 Å². The number of carbonyl (C=O) groups is 2. The second kappa shape index (κ2) is 6.58. The van der Waals surface area contributed by atoms with Crippen molar-refractivity contribution in [1.82, 2.24) is 10.2 Å². The average molecular weight is 317 g/mol. The Hall–Kier alpha value is -2.08. The number of β-amino-alcohol motifs (C(OH)–C–C–N with tert-alkyl or cyclic N) is 1. The summed E-state index contributed by atoms with van der Waals surface area (Å²) in [6, 6.07) is 7.26. The van der Waals surface area contributed by atoms with E-state index in [0.29, 0.717) is 12.1 Å². The Morgan fingerprint density at radius 3 is 2.39 bits per heavy atom. The van der Waals surface area contributed by atoms with Gasteiger partial charge in [-0.2, -0.15) is 0 Å². The van der Waals surface area contributed by atoms with Gasteiger partial charge in [-0.05, 0) is 37.1 Å². The van der Waals surface area contributed by atoms with Crippen molar-refractivity contribution < 1.29 is 14.7 Å². The van der Waals surface area contributed by atoms with Crippen molar-refractivity contribution in [2.75, 3.05) is 31.1 Å². The number of anilines is 1. The first-order chi connectivity index (χ1) is 11.0. The van der Waals surface area contributed by atoms with Crippen molar-refractivity contribution >= 4 is 17.5 Å². The molecule has 3 rings (SSSR count). The fourth-order valence-electron chi connectivity index (χ4n) is 3.33. The summed E-state index contributed by atoms with van der Waals surface area (Å²) in [4.78, 5) is 27.6. The number of amides is 2. The predicted molar refractivity (Wildman–Crippen MR) is 87.4 cm³/mol. The molecule has 1 aromatic rings. The number of benzene rings is 1. The second-order valence-corrected chi connectivity index (χ2v) is 6.33. The molecule has 0 unspecified atom stereocenters. The van der Waals surface area contributed by atoms with Gasteiger partial charge in [-0.1, -0.05) is 0 Å². The molecule has 2 aliphatic rings. The highest BCUT2D eigenvalue weighted by molar-refractivity contribution is 5.95. The van der Waals surface area contributed by atoms with Crippen molar-refractivity contribution in [1.29, 1.82) is 0 Å². The maximum Gasteiger partial charge on any atom is 0.254 e. The summed E-state index contributed by atoms with van der Waals surface area (Å²) in [5.74, 6) is -0.303. The van der Waals surface area contributed by atoms with E-state index in [9.17, 15) is 14.7 Å². The molecule has 0 aromatic heterocycles. The van der Waals surface area contributed by atoms with Gasteiger partial charge in [0.15, 0.2) is 0 Å². The van der Waals surface area contributed by atoms with Crippen molar-refractivity contribution in [2.45, 2.75) is 31.9 Å².